The van der Waals surface area contributed by atoms with Gasteiger partial charge in [-0.15, -0.1) is 10.2 Å². The van der Waals surface area contributed by atoms with Crippen molar-refractivity contribution in [1.29, 1.82) is 0 Å². The quantitative estimate of drug-likeness (QED) is 0.670. The maximum atomic E-state index is 8.94. The highest BCUT2D eigenvalue weighted by Crippen LogP contribution is 2.28. The van der Waals surface area contributed by atoms with Gasteiger partial charge in [-0.25, -0.2) is 0 Å². The van der Waals surface area contributed by atoms with Crippen LogP contribution >= 0.6 is 0 Å². The van der Waals surface area contributed by atoms with Crippen molar-refractivity contribution < 1.29 is 9.84 Å². The molecule has 1 N–H and O–H groups in total. The van der Waals surface area contributed by atoms with Gasteiger partial charge in [-0.05, 0) is 25.2 Å². The fraction of sp³-hybridized carbons (Fsp3) is 0.800. The molecule has 0 bridgehead atoms. The lowest BCUT2D eigenvalue weighted by Crippen LogP contribution is -2.06. The minimum atomic E-state index is -0.0526. The van der Waals surface area contributed by atoms with Gasteiger partial charge in [-0.2, -0.15) is 0 Å². The van der Waals surface area contributed by atoms with Crippen molar-refractivity contribution in [2.75, 3.05) is 13.2 Å². The maximum absolute atomic E-state index is 8.94. The fourth-order valence-electron chi connectivity index (χ4n) is 1.46. The summed E-state index contributed by atoms with van der Waals surface area (Å²) in [5, 5.41) is 16.5. The lowest BCUT2D eigenvalue weighted by atomic mass is 10.4. The van der Waals surface area contributed by atoms with Crippen LogP contribution in [-0.2, 0) is 17.9 Å². The highest BCUT2D eigenvalue weighted by atomic mass is 16.5. The summed E-state index contributed by atoms with van der Waals surface area (Å²) < 4.78 is 7.37. The first-order valence-electron chi connectivity index (χ1n) is 5.45. The Morgan fingerprint density at radius 3 is 3.13 bits per heavy atom. The number of hydrogen-bond donors (Lipinski definition) is 1. The average molecular weight is 211 g/mol. The van der Waals surface area contributed by atoms with Crippen LogP contribution in [0.25, 0.3) is 0 Å². The summed E-state index contributed by atoms with van der Waals surface area (Å²) in [6.45, 7) is 2.45. The van der Waals surface area contributed by atoms with Crippen molar-refractivity contribution in [3.05, 3.63) is 12.2 Å². The molecule has 0 aliphatic heterocycles. The van der Waals surface area contributed by atoms with Gasteiger partial charge in [0, 0.05) is 19.8 Å². The van der Waals surface area contributed by atoms with Crippen molar-refractivity contribution in [1.82, 2.24) is 14.8 Å². The van der Waals surface area contributed by atoms with Gasteiger partial charge >= 0.3 is 0 Å². The molecule has 0 saturated heterocycles. The van der Waals surface area contributed by atoms with Crippen molar-refractivity contribution in [3.63, 3.8) is 0 Å². The topological polar surface area (TPSA) is 60.2 Å². The van der Waals surface area contributed by atoms with E-state index in [1.165, 1.54) is 12.8 Å². The van der Waals surface area contributed by atoms with Crippen LogP contribution in [0.4, 0.5) is 0 Å². The molecule has 0 radical (unpaired) electrons. The zero-order chi connectivity index (χ0) is 10.5. The van der Waals surface area contributed by atoms with Gasteiger partial charge in [-0.1, -0.05) is 0 Å². The molecule has 0 atom stereocenters. The van der Waals surface area contributed by atoms with E-state index in [0.717, 1.165) is 32.1 Å². The highest BCUT2D eigenvalue weighted by Gasteiger charge is 2.20. The Morgan fingerprint density at radius 1 is 1.53 bits per heavy atom. The minimum Gasteiger partial charge on any atom is -0.388 e. The van der Waals surface area contributed by atoms with Crippen LogP contribution in [0.15, 0.2) is 6.33 Å². The lowest BCUT2D eigenvalue weighted by molar-refractivity contribution is 0.119. The van der Waals surface area contributed by atoms with Gasteiger partial charge < -0.3 is 14.4 Å². The molecule has 1 aromatic rings. The summed E-state index contributed by atoms with van der Waals surface area (Å²) >= 11 is 0. The third kappa shape index (κ3) is 3.28. The number of aryl methyl sites for hydroxylation is 1. The Labute approximate surface area is 89.1 Å². The first kappa shape index (κ1) is 10.6. The highest BCUT2D eigenvalue weighted by molar-refractivity contribution is 4.81. The largest absolute Gasteiger partial charge is 0.388 e. The molecule has 2 rings (SSSR count). The van der Waals surface area contributed by atoms with E-state index in [0.29, 0.717) is 5.82 Å². The molecule has 1 fully saturated rings. The van der Waals surface area contributed by atoms with Crippen molar-refractivity contribution in [3.8, 4) is 0 Å². The summed E-state index contributed by atoms with van der Waals surface area (Å²) in [6, 6.07) is 0. The Morgan fingerprint density at radius 2 is 2.40 bits per heavy atom. The van der Waals surface area contributed by atoms with E-state index in [9.17, 15) is 0 Å². The van der Waals surface area contributed by atoms with E-state index in [2.05, 4.69) is 10.2 Å². The molecular formula is C10H17N3O2. The second kappa shape index (κ2) is 5.23. The number of rotatable bonds is 7. The third-order valence-electron chi connectivity index (χ3n) is 2.58. The molecule has 84 valence electrons. The van der Waals surface area contributed by atoms with Crippen LogP contribution in [0.5, 0.6) is 0 Å². The number of aliphatic hydroxyl groups is 1. The Hall–Kier alpha value is -0.940. The number of nitrogens with zero attached hydrogens (tertiary/aromatic N) is 3. The predicted molar refractivity (Wildman–Crippen MR) is 54.1 cm³/mol. The minimum absolute atomic E-state index is 0.0526. The zero-order valence-electron chi connectivity index (χ0n) is 8.80. The number of aliphatic hydroxyl groups excluding tert-OH is 1. The smallest absolute Gasteiger partial charge is 0.158 e. The normalized spacial score (nSPS) is 15.8. The molecule has 0 unspecified atom stereocenters. The summed E-state index contributed by atoms with van der Waals surface area (Å²) in [4.78, 5) is 0. The van der Waals surface area contributed by atoms with Crippen LogP contribution in [0.2, 0.25) is 0 Å². The molecule has 1 aliphatic carbocycles. The SMILES string of the molecule is OCc1nncn1CCCOCC1CC1. The molecule has 1 aromatic heterocycles. The fourth-order valence-corrected chi connectivity index (χ4v) is 1.46. The molecule has 0 amide bonds. The van der Waals surface area contributed by atoms with E-state index < -0.39 is 0 Å². The van der Waals surface area contributed by atoms with Gasteiger partial charge in [0.05, 0.1) is 0 Å². The number of ether oxygens (including phenoxy) is 1. The standard InChI is InChI=1S/C10H17N3O2/c14-6-10-12-11-8-13(10)4-1-5-15-7-9-2-3-9/h8-9,14H,1-7H2. The van der Waals surface area contributed by atoms with E-state index in [1.807, 2.05) is 4.57 Å². The van der Waals surface area contributed by atoms with Crippen molar-refractivity contribution >= 4 is 0 Å². The first-order chi connectivity index (χ1) is 7.40. The summed E-state index contributed by atoms with van der Waals surface area (Å²) in [6.07, 6.45) is 5.25. The first-order valence-corrected chi connectivity index (χ1v) is 5.45. The third-order valence-corrected chi connectivity index (χ3v) is 2.58. The second-order valence-electron chi connectivity index (χ2n) is 3.97. The maximum Gasteiger partial charge on any atom is 0.158 e. The molecule has 1 saturated carbocycles. The number of hydrogen-bond acceptors (Lipinski definition) is 4. The van der Waals surface area contributed by atoms with Gasteiger partial charge in [0.25, 0.3) is 0 Å². The van der Waals surface area contributed by atoms with E-state index >= 15 is 0 Å². The van der Waals surface area contributed by atoms with Gasteiger partial charge in [0.1, 0.15) is 12.9 Å². The predicted octanol–water partition coefficient (Wildman–Crippen LogP) is 0.587. The van der Waals surface area contributed by atoms with E-state index in [-0.39, 0.29) is 6.61 Å². The Kier molecular flexibility index (Phi) is 3.69. The molecule has 0 spiro atoms. The van der Waals surface area contributed by atoms with Crippen LogP contribution in [0.1, 0.15) is 25.1 Å². The summed E-state index contributed by atoms with van der Waals surface area (Å²) in [5.41, 5.74) is 0. The Bertz CT molecular complexity index is 297. The molecule has 5 nitrogen and oxygen atoms in total. The van der Waals surface area contributed by atoms with E-state index in [1.54, 1.807) is 6.33 Å². The molecule has 5 heteroatoms. The van der Waals surface area contributed by atoms with Crippen LogP contribution in [-0.4, -0.2) is 33.1 Å². The van der Waals surface area contributed by atoms with Gasteiger partial charge in [0.15, 0.2) is 5.82 Å². The Balaban J connectivity index is 1.59. The van der Waals surface area contributed by atoms with Crippen LogP contribution in [0, 0.1) is 5.92 Å². The molecule has 1 aliphatic rings. The number of aromatic nitrogens is 3. The second-order valence-corrected chi connectivity index (χ2v) is 3.97. The molecule has 0 aromatic carbocycles. The van der Waals surface area contributed by atoms with E-state index in [4.69, 9.17) is 9.84 Å². The average Bonchev–Trinajstić information content (AvgIpc) is 2.96. The van der Waals surface area contributed by atoms with Gasteiger partial charge in [0.2, 0.25) is 0 Å². The monoisotopic (exact) mass is 211 g/mol. The van der Waals surface area contributed by atoms with Crippen LogP contribution in [0.3, 0.4) is 0 Å². The van der Waals surface area contributed by atoms with Gasteiger partial charge in [-0.3, -0.25) is 0 Å². The molecular weight excluding hydrogens is 194 g/mol. The van der Waals surface area contributed by atoms with Crippen molar-refractivity contribution in [2.24, 2.45) is 5.92 Å². The van der Waals surface area contributed by atoms with Crippen molar-refractivity contribution in [2.45, 2.75) is 32.4 Å². The lowest BCUT2D eigenvalue weighted by Gasteiger charge is -2.05. The summed E-state index contributed by atoms with van der Waals surface area (Å²) in [5.74, 6) is 1.45. The van der Waals surface area contributed by atoms with Crippen LogP contribution < -0.4 is 0 Å². The zero-order valence-corrected chi connectivity index (χ0v) is 8.80. The molecule has 15 heavy (non-hydrogen) atoms. The summed E-state index contributed by atoms with van der Waals surface area (Å²) in [7, 11) is 0. The molecule has 1 heterocycles.